The number of hydrogen-bond donors (Lipinski definition) is 1. The Labute approximate surface area is 99.5 Å². The molecule has 0 saturated heterocycles. The first-order valence-electron chi connectivity index (χ1n) is 5.63. The fraction of sp³-hybridized carbons (Fsp3) is 0.143. The molecule has 3 heteroatoms. The number of para-hydroxylation sites is 1. The van der Waals surface area contributed by atoms with Crippen molar-refractivity contribution in [1.29, 1.82) is 0 Å². The SMILES string of the molecule is Cc1cccnc1-c1nc2c(C)cccc2[nH]1. The Kier molecular flexibility index (Phi) is 2.18. The van der Waals surface area contributed by atoms with Crippen molar-refractivity contribution >= 4 is 11.0 Å². The summed E-state index contributed by atoms with van der Waals surface area (Å²) in [5, 5.41) is 0. The molecule has 0 aliphatic heterocycles. The summed E-state index contributed by atoms with van der Waals surface area (Å²) in [4.78, 5) is 12.3. The van der Waals surface area contributed by atoms with Crippen LogP contribution in [0.4, 0.5) is 0 Å². The zero-order valence-corrected chi connectivity index (χ0v) is 9.86. The van der Waals surface area contributed by atoms with Gasteiger partial charge in [-0.05, 0) is 37.1 Å². The first kappa shape index (κ1) is 10.0. The monoisotopic (exact) mass is 223 g/mol. The Morgan fingerprint density at radius 2 is 1.82 bits per heavy atom. The van der Waals surface area contributed by atoms with Crippen LogP contribution in [-0.4, -0.2) is 15.0 Å². The molecule has 0 unspecified atom stereocenters. The highest BCUT2D eigenvalue weighted by atomic mass is 14.9. The van der Waals surface area contributed by atoms with E-state index in [1.54, 1.807) is 6.20 Å². The molecule has 0 aliphatic rings. The number of benzene rings is 1. The number of rotatable bonds is 1. The van der Waals surface area contributed by atoms with E-state index in [-0.39, 0.29) is 0 Å². The number of fused-ring (bicyclic) bond motifs is 1. The van der Waals surface area contributed by atoms with E-state index in [9.17, 15) is 0 Å². The lowest BCUT2D eigenvalue weighted by Gasteiger charge is -1.98. The number of H-pyrrole nitrogens is 1. The van der Waals surface area contributed by atoms with E-state index in [0.29, 0.717) is 0 Å². The first-order valence-corrected chi connectivity index (χ1v) is 5.63. The second-order valence-corrected chi connectivity index (χ2v) is 4.23. The average Bonchev–Trinajstić information content (AvgIpc) is 2.75. The summed E-state index contributed by atoms with van der Waals surface area (Å²) >= 11 is 0. The van der Waals surface area contributed by atoms with Crippen LogP contribution in [0, 0.1) is 13.8 Å². The van der Waals surface area contributed by atoms with Crippen molar-refractivity contribution in [3.8, 4) is 11.5 Å². The van der Waals surface area contributed by atoms with Crippen LogP contribution < -0.4 is 0 Å². The number of nitrogens with one attached hydrogen (secondary N) is 1. The quantitative estimate of drug-likeness (QED) is 0.688. The standard InChI is InChI=1S/C14H13N3/c1-9-5-3-7-11-12(9)17-14(16-11)13-10(2)6-4-8-15-13/h3-8H,1-2H3,(H,16,17). The molecule has 0 bridgehead atoms. The van der Waals surface area contributed by atoms with Crippen LogP contribution in [0.25, 0.3) is 22.6 Å². The van der Waals surface area contributed by atoms with Gasteiger partial charge in [-0.3, -0.25) is 4.98 Å². The lowest BCUT2D eigenvalue weighted by atomic mass is 10.2. The predicted molar refractivity (Wildman–Crippen MR) is 68.8 cm³/mol. The van der Waals surface area contributed by atoms with Gasteiger partial charge in [-0.1, -0.05) is 18.2 Å². The molecule has 0 amide bonds. The van der Waals surface area contributed by atoms with E-state index in [2.05, 4.69) is 27.9 Å². The molecule has 1 aromatic carbocycles. The first-order chi connectivity index (χ1) is 8.25. The van der Waals surface area contributed by atoms with Crippen molar-refractivity contribution < 1.29 is 0 Å². The smallest absolute Gasteiger partial charge is 0.157 e. The summed E-state index contributed by atoms with van der Waals surface area (Å²) in [6, 6.07) is 10.1. The van der Waals surface area contributed by atoms with E-state index in [1.807, 2.05) is 31.2 Å². The van der Waals surface area contributed by atoms with Gasteiger partial charge in [-0.25, -0.2) is 4.98 Å². The van der Waals surface area contributed by atoms with E-state index >= 15 is 0 Å². The second-order valence-electron chi connectivity index (χ2n) is 4.23. The van der Waals surface area contributed by atoms with E-state index in [4.69, 9.17) is 0 Å². The highest BCUT2D eigenvalue weighted by Crippen LogP contribution is 2.22. The van der Waals surface area contributed by atoms with Crippen molar-refractivity contribution in [1.82, 2.24) is 15.0 Å². The number of aromatic amines is 1. The van der Waals surface area contributed by atoms with Crippen LogP contribution in [-0.2, 0) is 0 Å². The molecule has 3 aromatic rings. The van der Waals surface area contributed by atoms with Gasteiger partial charge in [-0.2, -0.15) is 0 Å². The van der Waals surface area contributed by atoms with E-state index in [0.717, 1.165) is 28.1 Å². The highest BCUT2D eigenvalue weighted by Gasteiger charge is 2.09. The molecule has 84 valence electrons. The Morgan fingerprint density at radius 1 is 1.00 bits per heavy atom. The molecule has 3 rings (SSSR count). The van der Waals surface area contributed by atoms with Gasteiger partial charge in [-0.15, -0.1) is 0 Å². The molecule has 2 heterocycles. The molecule has 2 aromatic heterocycles. The van der Waals surface area contributed by atoms with E-state index in [1.165, 1.54) is 5.56 Å². The molecule has 0 aliphatic carbocycles. The minimum absolute atomic E-state index is 0.840. The molecule has 1 N–H and O–H groups in total. The summed E-state index contributed by atoms with van der Waals surface area (Å²) in [6.45, 7) is 4.11. The number of aromatic nitrogens is 3. The Hall–Kier alpha value is -2.16. The van der Waals surface area contributed by atoms with E-state index < -0.39 is 0 Å². The summed E-state index contributed by atoms with van der Waals surface area (Å²) in [5.41, 5.74) is 5.31. The van der Waals surface area contributed by atoms with Gasteiger partial charge < -0.3 is 4.98 Å². The van der Waals surface area contributed by atoms with Gasteiger partial charge in [0.2, 0.25) is 0 Å². The summed E-state index contributed by atoms with van der Waals surface area (Å²) in [7, 11) is 0. The van der Waals surface area contributed by atoms with Crippen molar-refractivity contribution in [2.45, 2.75) is 13.8 Å². The average molecular weight is 223 g/mol. The number of pyridine rings is 1. The molecular weight excluding hydrogens is 210 g/mol. The molecule has 0 radical (unpaired) electrons. The molecule has 0 saturated carbocycles. The lowest BCUT2D eigenvalue weighted by molar-refractivity contribution is 1.20. The topological polar surface area (TPSA) is 41.6 Å². The zero-order chi connectivity index (χ0) is 11.8. The Bertz CT molecular complexity index is 683. The van der Waals surface area contributed by atoms with Gasteiger partial charge in [0.1, 0.15) is 5.69 Å². The molecule has 17 heavy (non-hydrogen) atoms. The van der Waals surface area contributed by atoms with Crippen molar-refractivity contribution in [3.05, 3.63) is 47.7 Å². The van der Waals surface area contributed by atoms with Gasteiger partial charge in [0.15, 0.2) is 5.82 Å². The van der Waals surface area contributed by atoms with Crippen LogP contribution in [0.5, 0.6) is 0 Å². The maximum atomic E-state index is 4.63. The zero-order valence-electron chi connectivity index (χ0n) is 9.86. The van der Waals surface area contributed by atoms with Crippen LogP contribution in [0.15, 0.2) is 36.5 Å². The third-order valence-electron chi connectivity index (χ3n) is 2.95. The van der Waals surface area contributed by atoms with Crippen molar-refractivity contribution in [3.63, 3.8) is 0 Å². The van der Waals surface area contributed by atoms with Crippen molar-refractivity contribution in [2.24, 2.45) is 0 Å². The van der Waals surface area contributed by atoms with Gasteiger partial charge >= 0.3 is 0 Å². The third-order valence-corrected chi connectivity index (χ3v) is 2.95. The number of nitrogens with zero attached hydrogens (tertiary/aromatic N) is 2. The third kappa shape index (κ3) is 1.60. The Balaban J connectivity index is 2.26. The normalized spacial score (nSPS) is 10.9. The largest absolute Gasteiger partial charge is 0.337 e. The van der Waals surface area contributed by atoms with Crippen LogP contribution in [0.1, 0.15) is 11.1 Å². The fourth-order valence-corrected chi connectivity index (χ4v) is 2.02. The maximum absolute atomic E-state index is 4.63. The van der Waals surface area contributed by atoms with Crippen LogP contribution in [0.3, 0.4) is 0 Å². The number of aryl methyl sites for hydroxylation is 2. The molecule has 0 spiro atoms. The molecule has 3 nitrogen and oxygen atoms in total. The maximum Gasteiger partial charge on any atom is 0.157 e. The van der Waals surface area contributed by atoms with Crippen LogP contribution >= 0.6 is 0 Å². The lowest BCUT2D eigenvalue weighted by Crippen LogP contribution is -1.88. The summed E-state index contributed by atoms with van der Waals surface area (Å²) in [6.07, 6.45) is 1.79. The highest BCUT2D eigenvalue weighted by molar-refractivity contribution is 5.81. The summed E-state index contributed by atoms with van der Waals surface area (Å²) < 4.78 is 0. The van der Waals surface area contributed by atoms with Crippen LogP contribution in [0.2, 0.25) is 0 Å². The predicted octanol–water partition coefficient (Wildman–Crippen LogP) is 3.24. The van der Waals surface area contributed by atoms with Crippen molar-refractivity contribution in [2.75, 3.05) is 0 Å². The number of imidazole rings is 1. The Morgan fingerprint density at radius 3 is 2.59 bits per heavy atom. The minimum atomic E-state index is 0.840. The van der Waals surface area contributed by atoms with Gasteiger partial charge in [0.05, 0.1) is 11.0 Å². The summed E-state index contributed by atoms with van der Waals surface area (Å²) in [5.74, 6) is 0.840. The molecule has 0 atom stereocenters. The molecular formula is C14H13N3. The minimum Gasteiger partial charge on any atom is -0.337 e. The number of hydrogen-bond acceptors (Lipinski definition) is 2. The molecule has 0 fully saturated rings. The van der Waals surface area contributed by atoms with Gasteiger partial charge in [0, 0.05) is 6.20 Å². The fourth-order valence-electron chi connectivity index (χ4n) is 2.02. The van der Waals surface area contributed by atoms with Gasteiger partial charge in [0.25, 0.3) is 0 Å². The second kappa shape index (κ2) is 3.70.